The molecule has 1 N–H and O–H groups in total. The van der Waals surface area contributed by atoms with Gasteiger partial charge in [-0.2, -0.15) is 0 Å². The summed E-state index contributed by atoms with van der Waals surface area (Å²) in [5.41, 5.74) is 0.474. The Morgan fingerprint density at radius 3 is 2.34 bits per heavy atom. The Balaban J connectivity index is 1.70. The van der Waals surface area contributed by atoms with E-state index >= 15 is 0 Å². The van der Waals surface area contributed by atoms with Crippen LogP contribution in [0.2, 0.25) is 0 Å². The second-order valence-corrected chi connectivity index (χ2v) is 7.52. The number of nitrogens with one attached hydrogen (secondary N) is 1. The van der Waals surface area contributed by atoms with Crippen molar-refractivity contribution >= 4 is 34.9 Å². The van der Waals surface area contributed by atoms with Gasteiger partial charge in [0.15, 0.2) is 11.5 Å². The van der Waals surface area contributed by atoms with Crippen molar-refractivity contribution in [3.8, 4) is 17.2 Å². The van der Waals surface area contributed by atoms with E-state index in [1.165, 1.54) is 39.5 Å². The van der Waals surface area contributed by atoms with Crippen molar-refractivity contribution in [2.75, 3.05) is 34.4 Å². The first kappa shape index (κ1) is 23.1. The lowest BCUT2D eigenvalue weighted by Gasteiger charge is -2.13. The summed E-state index contributed by atoms with van der Waals surface area (Å²) in [6, 6.07) is 8.87. The van der Waals surface area contributed by atoms with Crippen molar-refractivity contribution in [3.05, 3.63) is 58.2 Å². The summed E-state index contributed by atoms with van der Waals surface area (Å²) in [7, 11) is 4.44. The van der Waals surface area contributed by atoms with E-state index in [1.807, 2.05) is 0 Å². The van der Waals surface area contributed by atoms with Gasteiger partial charge in [0.2, 0.25) is 5.75 Å². The number of hydrogen-bond acceptors (Lipinski definition) is 7. The van der Waals surface area contributed by atoms with Gasteiger partial charge >= 0.3 is 0 Å². The quantitative estimate of drug-likeness (QED) is 0.604. The molecule has 10 heteroatoms. The summed E-state index contributed by atoms with van der Waals surface area (Å²) < 4.78 is 29.6. The van der Waals surface area contributed by atoms with Gasteiger partial charge in [0, 0.05) is 13.1 Å². The van der Waals surface area contributed by atoms with E-state index in [0.717, 1.165) is 16.7 Å². The summed E-state index contributed by atoms with van der Waals surface area (Å²) >= 11 is 0.784. The van der Waals surface area contributed by atoms with Crippen molar-refractivity contribution in [3.63, 3.8) is 0 Å². The van der Waals surface area contributed by atoms with Gasteiger partial charge in [-0.05, 0) is 47.7 Å². The number of nitrogens with zero attached hydrogens (tertiary/aromatic N) is 1. The highest BCUT2D eigenvalue weighted by Gasteiger charge is 2.34. The molecule has 1 aliphatic heterocycles. The van der Waals surface area contributed by atoms with Crippen LogP contribution in [-0.4, -0.2) is 56.4 Å². The number of halogens is 1. The maximum Gasteiger partial charge on any atom is 0.293 e. The third-order valence-electron chi connectivity index (χ3n) is 4.60. The minimum atomic E-state index is -0.649. The molecule has 2 aromatic rings. The lowest BCUT2D eigenvalue weighted by atomic mass is 10.1. The maximum absolute atomic E-state index is 13.7. The standard InChI is InChI=1S/C22H21FN2O6S/c1-29-16-10-13(11-17(30-2)19(16)31-3)12-18-21(27)25(22(28)32-18)9-8-24-20(26)14-6-4-5-7-15(14)23/h4-7,10-12H,8-9H2,1-3H3,(H,24,26). The third kappa shape index (κ3) is 4.86. The molecule has 1 fully saturated rings. The van der Waals surface area contributed by atoms with E-state index < -0.39 is 22.9 Å². The van der Waals surface area contributed by atoms with Crippen molar-refractivity contribution in [2.24, 2.45) is 0 Å². The van der Waals surface area contributed by atoms with Crippen LogP contribution in [-0.2, 0) is 4.79 Å². The molecule has 32 heavy (non-hydrogen) atoms. The molecule has 0 spiro atoms. The number of imide groups is 1. The molecule has 1 heterocycles. The van der Waals surface area contributed by atoms with E-state index in [0.29, 0.717) is 22.8 Å². The number of methoxy groups -OCH3 is 3. The van der Waals surface area contributed by atoms with Crippen LogP contribution >= 0.6 is 11.8 Å². The van der Waals surface area contributed by atoms with Crippen molar-refractivity contribution < 1.29 is 33.0 Å². The first-order valence-electron chi connectivity index (χ1n) is 9.47. The number of thioether (sulfide) groups is 1. The van der Waals surface area contributed by atoms with Gasteiger partial charge in [-0.3, -0.25) is 19.3 Å². The number of hydrogen-bond donors (Lipinski definition) is 1. The number of amides is 3. The number of carbonyl (C=O) groups excluding carboxylic acids is 3. The second kappa shape index (κ2) is 10.2. The SMILES string of the molecule is COc1cc(C=C2SC(=O)N(CCNC(=O)c3ccccc3F)C2=O)cc(OC)c1OC. The molecule has 2 aromatic carbocycles. The second-order valence-electron chi connectivity index (χ2n) is 6.53. The molecule has 168 valence electrons. The van der Waals surface area contributed by atoms with E-state index in [9.17, 15) is 18.8 Å². The molecule has 0 aliphatic carbocycles. The fraction of sp³-hybridized carbons (Fsp3) is 0.227. The Hall–Kier alpha value is -3.53. The van der Waals surface area contributed by atoms with Crippen LogP contribution in [0, 0.1) is 5.82 Å². The summed E-state index contributed by atoms with van der Waals surface area (Å²) in [5.74, 6) is -0.534. The van der Waals surface area contributed by atoms with E-state index in [1.54, 1.807) is 24.3 Å². The lowest BCUT2D eigenvalue weighted by molar-refractivity contribution is -0.122. The van der Waals surface area contributed by atoms with E-state index in [4.69, 9.17) is 14.2 Å². The lowest BCUT2D eigenvalue weighted by Crippen LogP contribution is -2.37. The van der Waals surface area contributed by atoms with E-state index in [2.05, 4.69) is 5.32 Å². The monoisotopic (exact) mass is 460 g/mol. The molecule has 1 aliphatic rings. The van der Waals surface area contributed by atoms with Crippen LogP contribution in [0.4, 0.5) is 9.18 Å². The topological polar surface area (TPSA) is 94.2 Å². The first-order chi connectivity index (χ1) is 15.4. The van der Waals surface area contributed by atoms with Crippen molar-refractivity contribution in [1.82, 2.24) is 10.2 Å². The number of rotatable bonds is 8. The molecule has 0 radical (unpaired) electrons. The van der Waals surface area contributed by atoms with Crippen LogP contribution in [0.5, 0.6) is 17.2 Å². The minimum Gasteiger partial charge on any atom is -0.493 e. The zero-order chi connectivity index (χ0) is 23.3. The van der Waals surface area contributed by atoms with Gasteiger partial charge in [-0.25, -0.2) is 4.39 Å². The molecule has 0 atom stereocenters. The molecule has 0 aromatic heterocycles. The fourth-order valence-electron chi connectivity index (χ4n) is 3.05. The highest BCUT2D eigenvalue weighted by molar-refractivity contribution is 8.18. The van der Waals surface area contributed by atoms with Crippen LogP contribution in [0.15, 0.2) is 41.3 Å². The van der Waals surface area contributed by atoms with Gasteiger partial charge in [0.25, 0.3) is 17.1 Å². The van der Waals surface area contributed by atoms with Crippen LogP contribution in [0.3, 0.4) is 0 Å². The number of ether oxygens (including phenoxy) is 3. The number of carbonyl (C=O) groups is 3. The molecular formula is C22H21FN2O6S. The Labute approximate surface area is 188 Å². The molecule has 1 saturated heterocycles. The van der Waals surface area contributed by atoms with Crippen LogP contribution < -0.4 is 19.5 Å². The average Bonchev–Trinajstić information content (AvgIpc) is 3.05. The van der Waals surface area contributed by atoms with Crippen molar-refractivity contribution in [1.29, 1.82) is 0 Å². The van der Waals surface area contributed by atoms with Crippen LogP contribution in [0.25, 0.3) is 6.08 Å². The Morgan fingerprint density at radius 1 is 1.09 bits per heavy atom. The largest absolute Gasteiger partial charge is 0.493 e. The number of benzene rings is 2. The Morgan fingerprint density at radius 2 is 1.75 bits per heavy atom. The predicted molar refractivity (Wildman–Crippen MR) is 118 cm³/mol. The smallest absolute Gasteiger partial charge is 0.293 e. The summed E-state index contributed by atoms with van der Waals surface area (Å²) in [4.78, 5) is 38.4. The molecule has 0 unspecified atom stereocenters. The Bertz CT molecular complexity index is 1060. The molecule has 8 nitrogen and oxygen atoms in total. The van der Waals surface area contributed by atoms with Gasteiger partial charge in [-0.15, -0.1) is 0 Å². The van der Waals surface area contributed by atoms with Gasteiger partial charge in [-0.1, -0.05) is 12.1 Å². The van der Waals surface area contributed by atoms with Gasteiger partial charge in [0.1, 0.15) is 5.82 Å². The zero-order valence-corrected chi connectivity index (χ0v) is 18.5. The summed E-state index contributed by atoms with van der Waals surface area (Å²) in [6.07, 6.45) is 1.55. The predicted octanol–water partition coefficient (Wildman–Crippen LogP) is 3.32. The fourth-order valence-corrected chi connectivity index (χ4v) is 3.92. The highest BCUT2D eigenvalue weighted by Crippen LogP contribution is 2.40. The molecular weight excluding hydrogens is 439 g/mol. The van der Waals surface area contributed by atoms with E-state index in [-0.39, 0.29) is 23.6 Å². The summed E-state index contributed by atoms with van der Waals surface area (Å²) in [5, 5.41) is 2.05. The van der Waals surface area contributed by atoms with Crippen molar-refractivity contribution in [2.45, 2.75) is 0 Å². The average molecular weight is 460 g/mol. The normalized spacial score (nSPS) is 14.6. The molecule has 3 rings (SSSR count). The van der Waals surface area contributed by atoms with Crippen LogP contribution in [0.1, 0.15) is 15.9 Å². The molecule has 3 amide bonds. The zero-order valence-electron chi connectivity index (χ0n) is 17.6. The molecule has 0 saturated carbocycles. The minimum absolute atomic E-state index is 0.0112. The first-order valence-corrected chi connectivity index (χ1v) is 10.3. The molecule has 0 bridgehead atoms. The summed E-state index contributed by atoms with van der Waals surface area (Å²) in [6.45, 7) is -0.0554. The van der Waals surface area contributed by atoms with Gasteiger partial charge in [0.05, 0.1) is 31.8 Å². The maximum atomic E-state index is 13.7. The highest BCUT2D eigenvalue weighted by atomic mass is 32.2. The Kier molecular flexibility index (Phi) is 7.37. The van der Waals surface area contributed by atoms with Gasteiger partial charge < -0.3 is 19.5 Å². The third-order valence-corrected chi connectivity index (χ3v) is 5.51.